The van der Waals surface area contributed by atoms with Crippen molar-refractivity contribution in [1.82, 2.24) is 9.88 Å². The molecule has 5 heteroatoms. The van der Waals surface area contributed by atoms with Gasteiger partial charge in [-0.05, 0) is 50.8 Å². The van der Waals surface area contributed by atoms with Gasteiger partial charge in [-0.3, -0.25) is 4.79 Å². The third-order valence-electron chi connectivity index (χ3n) is 4.28. The van der Waals surface area contributed by atoms with Crippen LogP contribution in [0.5, 0.6) is 0 Å². The van der Waals surface area contributed by atoms with Crippen LogP contribution in [0.2, 0.25) is 0 Å². The zero-order chi connectivity index (χ0) is 16.2. The molecule has 1 fully saturated rings. The molecule has 2 aromatic heterocycles. The molecule has 4 nitrogen and oxygen atoms in total. The van der Waals surface area contributed by atoms with Crippen LogP contribution in [0.4, 0.5) is 0 Å². The molecule has 3 heterocycles. The Morgan fingerprint density at radius 2 is 2.13 bits per heavy atom. The zero-order valence-electron chi connectivity index (χ0n) is 13.6. The number of piperidine rings is 1. The lowest BCUT2D eigenvalue weighted by Gasteiger charge is -2.31. The Balaban J connectivity index is 1.50. The van der Waals surface area contributed by atoms with Crippen molar-refractivity contribution >= 4 is 17.7 Å². The molecule has 0 atom stereocenters. The highest BCUT2D eigenvalue weighted by molar-refractivity contribution is 7.99. The minimum atomic E-state index is 0.107. The standard InChI is InChI=1S/C18H22N2O2S/c1-13-11-16(14(2)22-13)18(21)20-9-6-15(7-10-20)12-23-17-5-3-4-8-19-17/h3-5,8,11,15H,6-7,9-10,12H2,1-2H3. The van der Waals surface area contributed by atoms with E-state index in [1.807, 2.05) is 61.0 Å². The van der Waals surface area contributed by atoms with E-state index >= 15 is 0 Å². The summed E-state index contributed by atoms with van der Waals surface area (Å²) in [6.45, 7) is 5.40. The average Bonchev–Trinajstić information content (AvgIpc) is 2.92. The Hall–Kier alpha value is -1.75. The van der Waals surface area contributed by atoms with Crippen LogP contribution in [0, 0.1) is 19.8 Å². The number of carbonyl (C=O) groups is 1. The van der Waals surface area contributed by atoms with Gasteiger partial charge >= 0.3 is 0 Å². The third kappa shape index (κ3) is 3.96. The summed E-state index contributed by atoms with van der Waals surface area (Å²) in [5, 5.41) is 1.08. The summed E-state index contributed by atoms with van der Waals surface area (Å²) in [5.74, 6) is 3.35. The number of pyridine rings is 1. The zero-order valence-corrected chi connectivity index (χ0v) is 14.4. The number of likely N-dealkylation sites (tertiary alicyclic amines) is 1. The van der Waals surface area contributed by atoms with E-state index in [9.17, 15) is 4.79 Å². The largest absolute Gasteiger partial charge is 0.466 e. The van der Waals surface area contributed by atoms with Gasteiger partial charge < -0.3 is 9.32 Å². The highest BCUT2D eigenvalue weighted by Crippen LogP contribution is 2.26. The van der Waals surface area contributed by atoms with E-state index in [1.165, 1.54) is 0 Å². The molecule has 0 aliphatic carbocycles. The molecule has 0 N–H and O–H groups in total. The van der Waals surface area contributed by atoms with Crippen molar-refractivity contribution in [3.05, 3.63) is 47.5 Å². The quantitative estimate of drug-likeness (QED) is 0.797. The monoisotopic (exact) mass is 330 g/mol. The van der Waals surface area contributed by atoms with E-state index in [1.54, 1.807) is 0 Å². The lowest BCUT2D eigenvalue weighted by Crippen LogP contribution is -2.39. The summed E-state index contributed by atoms with van der Waals surface area (Å²) in [6.07, 6.45) is 3.95. The maximum atomic E-state index is 12.6. The molecule has 1 aliphatic heterocycles. The molecule has 0 bridgehead atoms. The van der Waals surface area contributed by atoms with Gasteiger partial charge in [-0.15, -0.1) is 11.8 Å². The number of carbonyl (C=O) groups excluding carboxylic acids is 1. The normalized spacial score (nSPS) is 15.8. The van der Waals surface area contributed by atoms with Crippen molar-refractivity contribution in [3.8, 4) is 0 Å². The van der Waals surface area contributed by atoms with E-state index < -0.39 is 0 Å². The highest BCUT2D eigenvalue weighted by Gasteiger charge is 2.25. The SMILES string of the molecule is Cc1cc(C(=O)N2CCC(CSc3ccccn3)CC2)c(C)o1. The first-order chi connectivity index (χ1) is 11.1. The van der Waals surface area contributed by atoms with Crippen molar-refractivity contribution in [1.29, 1.82) is 0 Å². The lowest BCUT2D eigenvalue weighted by atomic mass is 9.98. The minimum Gasteiger partial charge on any atom is -0.466 e. The van der Waals surface area contributed by atoms with Crippen molar-refractivity contribution in [2.45, 2.75) is 31.7 Å². The Labute approximate surface area is 141 Å². The van der Waals surface area contributed by atoms with Gasteiger partial charge in [-0.2, -0.15) is 0 Å². The number of rotatable bonds is 4. The molecule has 1 aliphatic rings. The number of furan rings is 1. The van der Waals surface area contributed by atoms with Gasteiger partial charge in [0.25, 0.3) is 5.91 Å². The first-order valence-electron chi connectivity index (χ1n) is 8.03. The van der Waals surface area contributed by atoms with Crippen LogP contribution in [-0.2, 0) is 0 Å². The summed E-state index contributed by atoms with van der Waals surface area (Å²) in [4.78, 5) is 18.9. The van der Waals surface area contributed by atoms with Crippen molar-refractivity contribution in [2.75, 3.05) is 18.8 Å². The number of aromatic nitrogens is 1. The molecule has 0 unspecified atom stereocenters. The van der Waals surface area contributed by atoms with Crippen LogP contribution in [-0.4, -0.2) is 34.6 Å². The molecule has 0 aromatic carbocycles. The first-order valence-corrected chi connectivity index (χ1v) is 9.02. The number of aryl methyl sites for hydroxylation is 2. The Morgan fingerprint density at radius 3 is 2.74 bits per heavy atom. The van der Waals surface area contributed by atoms with Gasteiger partial charge in [-0.1, -0.05) is 6.07 Å². The minimum absolute atomic E-state index is 0.107. The molecule has 3 rings (SSSR count). The Morgan fingerprint density at radius 1 is 1.35 bits per heavy atom. The number of hydrogen-bond donors (Lipinski definition) is 0. The number of nitrogens with zero attached hydrogens (tertiary/aromatic N) is 2. The summed E-state index contributed by atoms with van der Waals surface area (Å²) < 4.78 is 5.48. The molecule has 122 valence electrons. The summed E-state index contributed by atoms with van der Waals surface area (Å²) in [7, 11) is 0. The van der Waals surface area contributed by atoms with E-state index in [0.29, 0.717) is 11.5 Å². The maximum absolute atomic E-state index is 12.6. The van der Waals surface area contributed by atoms with E-state index in [2.05, 4.69) is 4.98 Å². The van der Waals surface area contributed by atoms with Crippen LogP contribution in [0.25, 0.3) is 0 Å². The van der Waals surface area contributed by atoms with Crippen molar-refractivity contribution < 1.29 is 9.21 Å². The fourth-order valence-corrected chi connectivity index (χ4v) is 4.00. The Kier molecular flexibility index (Phi) is 5.06. The second-order valence-corrected chi connectivity index (χ2v) is 7.08. The second kappa shape index (κ2) is 7.21. The van der Waals surface area contributed by atoms with Gasteiger partial charge in [0.15, 0.2) is 0 Å². The summed E-state index contributed by atoms with van der Waals surface area (Å²) in [6, 6.07) is 7.85. The molecular weight excluding hydrogens is 308 g/mol. The molecular formula is C18H22N2O2S. The molecule has 0 spiro atoms. The van der Waals surface area contributed by atoms with Gasteiger partial charge in [0.2, 0.25) is 0 Å². The van der Waals surface area contributed by atoms with E-state index in [0.717, 1.165) is 48.2 Å². The molecule has 23 heavy (non-hydrogen) atoms. The van der Waals surface area contributed by atoms with Gasteiger partial charge in [0.1, 0.15) is 11.5 Å². The van der Waals surface area contributed by atoms with Crippen LogP contribution < -0.4 is 0 Å². The van der Waals surface area contributed by atoms with Crippen LogP contribution in [0.1, 0.15) is 34.7 Å². The average molecular weight is 330 g/mol. The highest BCUT2D eigenvalue weighted by atomic mass is 32.2. The van der Waals surface area contributed by atoms with Crippen molar-refractivity contribution in [3.63, 3.8) is 0 Å². The summed E-state index contributed by atoms with van der Waals surface area (Å²) >= 11 is 1.81. The van der Waals surface area contributed by atoms with Gasteiger partial charge in [0, 0.05) is 25.0 Å². The second-order valence-electron chi connectivity index (χ2n) is 6.04. The van der Waals surface area contributed by atoms with Crippen molar-refractivity contribution in [2.24, 2.45) is 5.92 Å². The number of hydrogen-bond acceptors (Lipinski definition) is 4. The molecule has 0 saturated carbocycles. The lowest BCUT2D eigenvalue weighted by molar-refractivity contribution is 0.0697. The van der Waals surface area contributed by atoms with E-state index in [-0.39, 0.29) is 5.91 Å². The van der Waals surface area contributed by atoms with Crippen LogP contribution >= 0.6 is 11.8 Å². The van der Waals surface area contributed by atoms with Crippen LogP contribution in [0.3, 0.4) is 0 Å². The maximum Gasteiger partial charge on any atom is 0.257 e. The predicted octanol–water partition coefficient (Wildman–Crippen LogP) is 3.94. The van der Waals surface area contributed by atoms with Crippen LogP contribution in [0.15, 0.2) is 39.9 Å². The smallest absolute Gasteiger partial charge is 0.257 e. The molecule has 2 aromatic rings. The topological polar surface area (TPSA) is 46.3 Å². The molecule has 1 saturated heterocycles. The first kappa shape index (κ1) is 16.1. The fourth-order valence-electron chi connectivity index (χ4n) is 2.95. The number of thioether (sulfide) groups is 1. The van der Waals surface area contributed by atoms with E-state index in [4.69, 9.17) is 4.42 Å². The molecule has 0 radical (unpaired) electrons. The van der Waals surface area contributed by atoms with Gasteiger partial charge in [-0.25, -0.2) is 4.98 Å². The predicted molar refractivity (Wildman–Crippen MR) is 91.8 cm³/mol. The molecule has 1 amide bonds. The Bertz CT molecular complexity index is 661. The number of amides is 1. The summed E-state index contributed by atoms with van der Waals surface area (Å²) in [5.41, 5.74) is 0.712. The van der Waals surface area contributed by atoms with Gasteiger partial charge in [0.05, 0.1) is 10.6 Å². The fraction of sp³-hybridized carbons (Fsp3) is 0.444. The third-order valence-corrected chi connectivity index (χ3v) is 5.45.